The van der Waals surface area contributed by atoms with Gasteiger partial charge in [0.15, 0.2) is 0 Å². The summed E-state index contributed by atoms with van der Waals surface area (Å²) in [7, 11) is 0.103. The van der Waals surface area contributed by atoms with E-state index in [1.165, 1.54) is 10.8 Å². The van der Waals surface area contributed by atoms with E-state index in [9.17, 15) is 0 Å². The summed E-state index contributed by atoms with van der Waals surface area (Å²) < 4.78 is 11.4. The first kappa shape index (κ1) is 18.7. The van der Waals surface area contributed by atoms with Gasteiger partial charge in [-0.15, -0.1) is 6.58 Å². The first-order valence-corrected chi connectivity index (χ1v) is 11.8. The zero-order chi connectivity index (χ0) is 17.6. The lowest BCUT2D eigenvalue weighted by Crippen LogP contribution is -2.31. The summed E-state index contributed by atoms with van der Waals surface area (Å²) in [4.78, 5) is 0. The summed E-state index contributed by atoms with van der Waals surface area (Å²) in [5.41, 5.74) is 2.40. The summed E-state index contributed by atoms with van der Waals surface area (Å²) in [6.45, 7) is 11.8. The number of methoxy groups -OCH3 is 1. The molecule has 2 atom stereocenters. The Morgan fingerprint density at radius 2 is 1.42 bits per heavy atom. The van der Waals surface area contributed by atoms with Crippen molar-refractivity contribution in [1.82, 2.24) is 0 Å². The van der Waals surface area contributed by atoms with Gasteiger partial charge in [0.05, 0.1) is 14.2 Å². The zero-order valence-electron chi connectivity index (χ0n) is 15.2. The standard InChI is InChI=1S/C21H28O2Si/c1-17(24(3,4)5)20(18-12-8-6-9-13-18)21(23-16-22-2)19-14-10-7-11-15-19/h6-15,20-21H,1,16H2,2-5H3/t20-,21-/m1/s1. The summed E-state index contributed by atoms with van der Waals surface area (Å²) in [5, 5.41) is 1.29. The van der Waals surface area contributed by atoms with Crippen molar-refractivity contribution >= 4 is 8.07 Å². The molecule has 0 N–H and O–H groups in total. The van der Waals surface area contributed by atoms with Crippen molar-refractivity contribution in [3.8, 4) is 0 Å². The van der Waals surface area contributed by atoms with Gasteiger partial charge in [0.25, 0.3) is 0 Å². The Labute approximate surface area is 147 Å². The van der Waals surface area contributed by atoms with Gasteiger partial charge >= 0.3 is 0 Å². The van der Waals surface area contributed by atoms with Gasteiger partial charge in [-0.05, 0) is 11.1 Å². The highest BCUT2D eigenvalue weighted by molar-refractivity contribution is 6.83. The molecule has 0 unspecified atom stereocenters. The van der Waals surface area contributed by atoms with E-state index in [-0.39, 0.29) is 18.8 Å². The van der Waals surface area contributed by atoms with Crippen molar-refractivity contribution in [2.45, 2.75) is 31.7 Å². The maximum absolute atomic E-state index is 6.15. The van der Waals surface area contributed by atoms with Crippen molar-refractivity contribution in [3.05, 3.63) is 83.6 Å². The fourth-order valence-electron chi connectivity index (χ4n) is 2.85. The molecule has 0 saturated carbocycles. The smallest absolute Gasteiger partial charge is 0.147 e. The minimum absolute atomic E-state index is 0.104. The summed E-state index contributed by atoms with van der Waals surface area (Å²) >= 11 is 0. The van der Waals surface area contributed by atoms with Crippen molar-refractivity contribution < 1.29 is 9.47 Å². The lowest BCUT2D eigenvalue weighted by atomic mass is 9.88. The first-order valence-electron chi connectivity index (χ1n) is 8.35. The van der Waals surface area contributed by atoms with Crippen molar-refractivity contribution in [3.63, 3.8) is 0 Å². The molecule has 0 aliphatic heterocycles. The average molecular weight is 341 g/mol. The maximum atomic E-state index is 6.15. The largest absolute Gasteiger partial charge is 0.359 e. The van der Waals surface area contributed by atoms with Crippen LogP contribution in [0.2, 0.25) is 19.6 Å². The topological polar surface area (TPSA) is 18.5 Å². The third-order valence-electron chi connectivity index (χ3n) is 4.29. The van der Waals surface area contributed by atoms with Crippen LogP contribution in [0.1, 0.15) is 23.1 Å². The van der Waals surface area contributed by atoms with E-state index >= 15 is 0 Å². The van der Waals surface area contributed by atoms with Gasteiger partial charge < -0.3 is 9.47 Å². The van der Waals surface area contributed by atoms with Crippen LogP contribution in [0.3, 0.4) is 0 Å². The van der Waals surface area contributed by atoms with Crippen LogP contribution in [0.4, 0.5) is 0 Å². The zero-order valence-corrected chi connectivity index (χ0v) is 16.2. The van der Waals surface area contributed by atoms with Crippen molar-refractivity contribution in [1.29, 1.82) is 0 Å². The van der Waals surface area contributed by atoms with E-state index < -0.39 is 8.07 Å². The van der Waals surface area contributed by atoms with Crippen molar-refractivity contribution in [2.75, 3.05) is 13.9 Å². The molecule has 128 valence electrons. The first-order chi connectivity index (χ1) is 11.4. The van der Waals surface area contributed by atoms with Gasteiger partial charge in [-0.1, -0.05) is 85.5 Å². The Morgan fingerprint density at radius 1 is 0.917 bits per heavy atom. The quantitative estimate of drug-likeness (QED) is 0.462. The highest BCUT2D eigenvalue weighted by atomic mass is 28.3. The van der Waals surface area contributed by atoms with E-state index in [4.69, 9.17) is 9.47 Å². The molecule has 0 aromatic heterocycles. The van der Waals surface area contributed by atoms with Gasteiger partial charge in [-0.25, -0.2) is 0 Å². The van der Waals surface area contributed by atoms with Crippen LogP contribution >= 0.6 is 0 Å². The Hall–Kier alpha value is -1.68. The van der Waals surface area contributed by atoms with Crippen LogP contribution in [0.25, 0.3) is 0 Å². The Morgan fingerprint density at radius 3 is 1.88 bits per heavy atom. The molecule has 2 rings (SSSR count). The van der Waals surface area contributed by atoms with Crippen LogP contribution in [-0.4, -0.2) is 22.0 Å². The SMILES string of the molecule is C=C([C@H](c1ccccc1)[C@H](OCOC)c1ccccc1)[Si](C)(C)C. The molecular formula is C21H28O2Si. The molecule has 0 heterocycles. The molecule has 3 heteroatoms. The van der Waals surface area contributed by atoms with E-state index in [0.29, 0.717) is 0 Å². The molecule has 0 fully saturated rings. The van der Waals surface area contributed by atoms with E-state index in [1.807, 2.05) is 12.1 Å². The normalized spacial score (nSPS) is 14.2. The number of ether oxygens (including phenoxy) is 2. The molecule has 0 radical (unpaired) electrons. The molecule has 0 amide bonds. The Bertz CT molecular complexity index is 632. The highest BCUT2D eigenvalue weighted by Crippen LogP contribution is 2.42. The van der Waals surface area contributed by atoms with Crippen LogP contribution in [0.15, 0.2) is 72.4 Å². The number of rotatable bonds is 8. The fraction of sp³-hybridized carbons (Fsp3) is 0.333. The predicted octanol–water partition coefficient (Wildman–Crippen LogP) is 5.57. The molecule has 0 aliphatic carbocycles. The fourth-order valence-corrected chi connectivity index (χ4v) is 4.11. The number of hydrogen-bond donors (Lipinski definition) is 0. The predicted molar refractivity (Wildman–Crippen MR) is 104 cm³/mol. The molecule has 0 aliphatic rings. The minimum Gasteiger partial charge on any atom is -0.359 e. The van der Waals surface area contributed by atoms with Gasteiger partial charge in [0.1, 0.15) is 6.79 Å². The molecule has 0 spiro atoms. The molecule has 0 saturated heterocycles. The average Bonchev–Trinajstić information content (AvgIpc) is 2.59. The van der Waals surface area contributed by atoms with Crippen LogP contribution in [0.5, 0.6) is 0 Å². The second kappa shape index (κ2) is 8.43. The third kappa shape index (κ3) is 4.66. The number of hydrogen-bond acceptors (Lipinski definition) is 2. The summed E-state index contributed by atoms with van der Waals surface area (Å²) in [6, 6.07) is 20.9. The lowest BCUT2D eigenvalue weighted by molar-refractivity contribution is -0.0783. The van der Waals surface area contributed by atoms with Crippen LogP contribution in [0, 0.1) is 0 Å². The van der Waals surface area contributed by atoms with Gasteiger partial charge in [0, 0.05) is 13.0 Å². The van der Waals surface area contributed by atoms with E-state index in [0.717, 1.165) is 5.56 Å². The molecular weight excluding hydrogens is 312 g/mol. The Kier molecular flexibility index (Phi) is 6.55. The molecule has 2 aromatic rings. The van der Waals surface area contributed by atoms with Crippen LogP contribution < -0.4 is 0 Å². The summed E-state index contributed by atoms with van der Waals surface area (Å²) in [5.74, 6) is 0.121. The monoisotopic (exact) mass is 340 g/mol. The third-order valence-corrected chi connectivity index (χ3v) is 6.53. The Balaban J connectivity index is 2.50. The molecule has 24 heavy (non-hydrogen) atoms. The summed E-state index contributed by atoms with van der Waals surface area (Å²) in [6.07, 6.45) is -0.104. The van der Waals surface area contributed by atoms with E-state index in [1.54, 1.807) is 7.11 Å². The van der Waals surface area contributed by atoms with E-state index in [2.05, 4.69) is 74.8 Å². The molecule has 2 nitrogen and oxygen atoms in total. The highest BCUT2D eigenvalue weighted by Gasteiger charge is 2.33. The number of benzene rings is 2. The van der Waals surface area contributed by atoms with Gasteiger partial charge in [0.2, 0.25) is 0 Å². The van der Waals surface area contributed by atoms with Crippen LogP contribution in [-0.2, 0) is 9.47 Å². The minimum atomic E-state index is -1.56. The maximum Gasteiger partial charge on any atom is 0.147 e. The van der Waals surface area contributed by atoms with Gasteiger partial charge in [-0.3, -0.25) is 0 Å². The second-order valence-electron chi connectivity index (χ2n) is 7.07. The van der Waals surface area contributed by atoms with Gasteiger partial charge in [-0.2, -0.15) is 0 Å². The molecule has 2 aromatic carbocycles. The second-order valence-corrected chi connectivity index (χ2v) is 12.2. The van der Waals surface area contributed by atoms with Crippen molar-refractivity contribution in [2.24, 2.45) is 0 Å². The molecule has 0 bridgehead atoms. The lowest BCUT2D eigenvalue weighted by Gasteiger charge is -2.34.